The van der Waals surface area contributed by atoms with Crippen LogP contribution in [0.15, 0.2) is 0 Å². The molecule has 1 aliphatic rings. The second kappa shape index (κ2) is 10.4. The summed E-state index contributed by atoms with van der Waals surface area (Å²) in [6.07, 6.45) is 20.1. The van der Waals surface area contributed by atoms with Gasteiger partial charge in [-0.15, -0.1) is 12.3 Å². The van der Waals surface area contributed by atoms with Gasteiger partial charge in [0.15, 0.2) is 0 Å². The molecule has 0 aromatic rings. The van der Waals surface area contributed by atoms with Gasteiger partial charge in [-0.25, -0.2) is 0 Å². The summed E-state index contributed by atoms with van der Waals surface area (Å²) in [5.41, 5.74) is 0. The van der Waals surface area contributed by atoms with Crippen molar-refractivity contribution >= 4 is 0 Å². The Labute approximate surface area is 114 Å². The van der Waals surface area contributed by atoms with Gasteiger partial charge in [0.25, 0.3) is 0 Å². The Kier molecular flexibility index (Phi) is 9.04. The molecule has 18 heavy (non-hydrogen) atoms. The Morgan fingerprint density at radius 1 is 1.22 bits per heavy atom. The van der Waals surface area contributed by atoms with Crippen molar-refractivity contribution in [3.05, 3.63) is 0 Å². The molecule has 1 heteroatoms. The summed E-state index contributed by atoms with van der Waals surface area (Å²) in [6, 6.07) is 0.709. The van der Waals surface area contributed by atoms with E-state index in [0.717, 1.165) is 18.9 Å². The van der Waals surface area contributed by atoms with Crippen LogP contribution in [0.3, 0.4) is 0 Å². The van der Waals surface area contributed by atoms with Gasteiger partial charge in [-0.3, -0.25) is 0 Å². The van der Waals surface area contributed by atoms with Crippen LogP contribution < -0.4 is 5.32 Å². The van der Waals surface area contributed by atoms with Gasteiger partial charge in [-0.2, -0.15) is 0 Å². The first-order valence-electron chi connectivity index (χ1n) is 8.03. The van der Waals surface area contributed by atoms with E-state index in [1.54, 1.807) is 0 Å². The molecule has 1 unspecified atom stereocenters. The summed E-state index contributed by atoms with van der Waals surface area (Å²) < 4.78 is 0. The van der Waals surface area contributed by atoms with E-state index < -0.39 is 0 Å². The number of unbranched alkanes of at least 4 members (excludes halogenated alkanes) is 1. The number of rotatable bonds is 9. The van der Waals surface area contributed by atoms with Crippen LogP contribution in [0.2, 0.25) is 0 Å². The highest BCUT2D eigenvalue weighted by atomic mass is 14.9. The molecule has 0 spiro atoms. The van der Waals surface area contributed by atoms with Crippen molar-refractivity contribution in [2.45, 2.75) is 83.6 Å². The van der Waals surface area contributed by atoms with Gasteiger partial charge in [0.05, 0.1) is 0 Å². The highest BCUT2D eigenvalue weighted by Gasteiger charge is 2.15. The second-order valence-electron chi connectivity index (χ2n) is 5.83. The summed E-state index contributed by atoms with van der Waals surface area (Å²) in [5.74, 6) is 3.77. The van der Waals surface area contributed by atoms with Crippen LogP contribution in [0.5, 0.6) is 0 Å². The maximum atomic E-state index is 5.34. The lowest BCUT2D eigenvalue weighted by Crippen LogP contribution is -2.30. The fraction of sp³-hybridized carbons (Fsp3) is 0.882. The molecule has 0 bridgehead atoms. The molecule has 1 aliphatic carbocycles. The van der Waals surface area contributed by atoms with E-state index in [1.807, 2.05) is 0 Å². The van der Waals surface area contributed by atoms with E-state index >= 15 is 0 Å². The Hall–Kier alpha value is -0.480. The molecule has 1 nitrogen and oxygen atoms in total. The van der Waals surface area contributed by atoms with E-state index in [1.165, 1.54) is 64.2 Å². The minimum absolute atomic E-state index is 0.709. The van der Waals surface area contributed by atoms with Gasteiger partial charge in [-0.1, -0.05) is 39.0 Å². The third-order valence-electron chi connectivity index (χ3n) is 4.20. The van der Waals surface area contributed by atoms with Crippen LogP contribution in [0, 0.1) is 18.3 Å². The lowest BCUT2D eigenvalue weighted by atomic mass is 9.85. The molecule has 0 aliphatic heterocycles. The molecular formula is C17H31N. The first kappa shape index (κ1) is 15.6. The number of hydrogen-bond acceptors (Lipinski definition) is 1. The minimum atomic E-state index is 0.709. The van der Waals surface area contributed by atoms with Crippen LogP contribution in [-0.4, -0.2) is 12.6 Å². The van der Waals surface area contributed by atoms with Crippen LogP contribution >= 0.6 is 0 Å². The van der Waals surface area contributed by atoms with Gasteiger partial charge in [0, 0.05) is 12.5 Å². The predicted octanol–water partition coefficient (Wildman–Crippen LogP) is 4.52. The minimum Gasteiger partial charge on any atom is -0.314 e. The number of hydrogen-bond donors (Lipinski definition) is 1. The van der Waals surface area contributed by atoms with E-state index in [4.69, 9.17) is 6.42 Å². The van der Waals surface area contributed by atoms with Crippen molar-refractivity contribution in [1.29, 1.82) is 0 Å². The molecule has 0 aromatic heterocycles. The average Bonchev–Trinajstić information content (AvgIpc) is 2.42. The molecule has 1 fully saturated rings. The molecule has 0 amide bonds. The largest absolute Gasteiger partial charge is 0.314 e. The van der Waals surface area contributed by atoms with E-state index in [2.05, 4.69) is 18.2 Å². The van der Waals surface area contributed by atoms with Gasteiger partial charge >= 0.3 is 0 Å². The van der Waals surface area contributed by atoms with Crippen LogP contribution in [0.1, 0.15) is 77.6 Å². The maximum absolute atomic E-state index is 5.34. The molecule has 104 valence electrons. The van der Waals surface area contributed by atoms with Crippen molar-refractivity contribution in [3.63, 3.8) is 0 Å². The maximum Gasteiger partial charge on any atom is 0.00866 e. The average molecular weight is 249 g/mol. The molecule has 0 saturated heterocycles. The summed E-state index contributed by atoms with van der Waals surface area (Å²) in [5, 5.41) is 3.70. The van der Waals surface area contributed by atoms with Gasteiger partial charge < -0.3 is 5.32 Å². The Morgan fingerprint density at radius 3 is 2.67 bits per heavy atom. The Morgan fingerprint density at radius 2 is 2.00 bits per heavy atom. The monoisotopic (exact) mass is 249 g/mol. The summed E-state index contributed by atoms with van der Waals surface area (Å²) >= 11 is 0. The third kappa shape index (κ3) is 7.07. The normalized spacial score (nSPS) is 18.4. The standard InChI is InChI=1S/C17H31N/c1-3-5-7-12-17(18-15-4-2)14-13-16-10-8-6-9-11-16/h1,16-18H,4-15H2,2H3. The molecular weight excluding hydrogens is 218 g/mol. The molecule has 1 rings (SSSR count). The highest BCUT2D eigenvalue weighted by molar-refractivity contribution is 4.84. The summed E-state index contributed by atoms with van der Waals surface area (Å²) in [6.45, 7) is 3.40. The van der Waals surface area contributed by atoms with Crippen molar-refractivity contribution in [2.24, 2.45) is 5.92 Å². The molecule has 0 heterocycles. The van der Waals surface area contributed by atoms with Gasteiger partial charge in [0.1, 0.15) is 0 Å². The van der Waals surface area contributed by atoms with Gasteiger partial charge in [-0.05, 0) is 44.6 Å². The second-order valence-corrected chi connectivity index (χ2v) is 5.83. The van der Waals surface area contributed by atoms with Crippen LogP contribution in [-0.2, 0) is 0 Å². The first-order chi connectivity index (χ1) is 8.86. The van der Waals surface area contributed by atoms with E-state index in [9.17, 15) is 0 Å². The quantitative estimate of drug-likeness (QED) is 0.468. The highest BCUT2D eigenvalue weighted by Crippen LogP contribution is 2.28. The fourth-order valence-corrected chi connectivity index (χ4v) is 3.06. The molecule has 1 atom stereocenters. The van der Waals surface area contributed by atoms with Gasteiger partial charge in [0.2, 0.25) is 0 Å². The van der Waals surface area contributed by atoms with Crippen molar-refractivity contribution in [3.8, 4) is 12.3 Å². The summed E-state index contributed by atoms with van der Waals surface area (Å²) in [4.78, 5) is 0. The van der Waals surface area contributed by atoms with Crippen LogP contribution in [0.25, 0.3) is 0 Å². The first-order valence-corrected chi connectivity index (χ1v) is 8.03. The fourth-order valence-electron chi connectivity index (χ4n) is 3.06. The van der Waals surface area contributed by atoms with Crippen molar-refractivity contribution in [2.75, 3.05) is 6.54 Å². The Balaban J connectivity index is 2.18. The zero-order valence-electron chi connectivity index (χ0n) is 12.2. The lowest BCUT2D eigenvalue weighted by Gasteiger charge is -2.25. The molecule has 0 aromatic carbocycles. The third-order valence-corrected chi connectivity index (χ3v) is 4.20. The predicted molar refractivity (Wildman–Crippen MR) is 80.6 cm³/mol. The van der Waals surface area contributed by atoms with Crippen molar-refractivity contribution in [1.82, 2.24) is 5.32 Å². The van der Waals surface area contributed by atoms with Crippen molar-refractivity contribution < 1.29 is 0 Å². The smallest absolute Gasteiger partial charge is 0.00866 e. The Bertz CT molecular complexity index is 222. The zero-order chi connectivity index (χ0) is 13.1. The molecule has 0 radical (unpaired) electrons. The number of terminal acetylenes is 1. The SMILES string of the molecule is C#CCCCC(CCC1CCCCC1)NCCC. The summed E-state index contributed by atoms with van der Waals surface area (Å²) in [7, 11) is 0. The molecule has 1 N–H and O–H groups in total. The lowest BCUT2D eigenvalue weighted by molar-refractivity contribution is 0.307. The topological polar surface area (TPSA) is 12.0 Å². The number of nitrogens with one attached hydrogen (secondary N) is 1. The zero-order valence-corrected chi connectivity index (χ0v) is 12.2. The van der Waals surface area contributed by atoms with E-state index in [0.29, 0.717) is 6.04 Å². The van der Waals surface area contributed by atoms with E-state index in [-0.39, 0.29) is 0 Å². The van der Waals surface area contributed by atoms with Crippen LogP contribution in [0.4, 0.5) is 0 Å². The molecule has 1 saturated carbocycles.